The number of carbonyl (C=O) groups is 2. The Bertz CT molecular complexity index is 1310. The van der Waals surface area contributed by atoms with Gasteiger partial charge in [0.25, 0.3) is 5.91 Å². The molecule has 0 saturated heterocycles. The number of para-hydroxylation sites is 1. The van der Waals surface area contributed by atoms with Gasteiger partial charge in [-0.15, -0.1) is 0 Å². The van der Waals surface area contributed by atoms with Crippen molar-refractivity contribution in [2.24, 2.45) is 0 Å². The van der Waals surface area contributed by atoms with Crippen molar-refractivity contribution < 1.29 is 24.6 Å². The van der Waals surface area contributed by atoms with Gasteiger partial charge in [0.15, 0.2) is 6.23 Å². The van der Waals surface area contributed by atoms with E-state index in [0.717, 1.165) is 35.3 Å². The molecule has 0 aromatic heterocycles. The molecule has 0 radical (unpaired) electrons. The summed E-state index contributed by atoms with van der Waals surface area (Å²) in [6.45, 7) is 3.04. The van der Waals surface area contributed by atoms with Crippen LogP contribution in [0.2, 0.25) is 0 Å². The standard InChI is InChI=1S/C33H35NO3.CH3NO2/c1-2-3-4-13-24-37-31-19-12-11-18-30(31)25-34(32(35)28-16-9-6-10-17-28)33(36)29-22-20-27(21-23-29)26-14-7-5-8-15-26;3-1-2-4/h5-12,14-23,32,35H,2-4,13,24-25H2,1H3;1,4H,(H,2,3). The molecule has 3 N–H and O–H groups in total. The average molecular weight is 555 g/mol. The smallest absolute Gasteiger partial charge is 0.256 e. The van der Waals surface area contributed by atoms with Gasteiger partial charge in [-0.25, -0.2) is 5.48 Å². The number of rotatable bonds is 13. The molecule has 0 aliphatic rings. The van der Waals surface area contributed by atoms with Crippen LogP contribution >= 0.6 is 0 Å². The lowest BCUT2D eigenvalue weighted by Gasteiger charge is -2.29. The number of unbranched alkanes of at least 4 members (excludes halogenated alkanes) is 3. The van der Waals surface area contributed by atoms with Crippen LogP contribution in [0.15, 0.2) is 109 Å². The van der Waals surface area contributed by atoms with Crippen LogP contribution in [0.25, 0.3) is 11.1 Å². The van der Waals surface area contributed by atoms with Gasteiger partial charge in [-0.3, -0.25) is 14.8 Å². The van der Waals surface area contributed by atoms with Crippen molar-refractivity contribution in [3.63, 3.8) is 0 Å². The maximum absolute atomic E-state index is 13.8. The summed E-state index contributed by atoms with van der Waals surface area (Å²) >= 11 is 0. The summed E-state index contributed by atoms with van der Waals surface area (Å²) in [7, 11) is 0. The Morgan fingerprint density at radius 1 is 0.829 bits per heavy atom. The molecule has 7 nitrogen and oxygen atoms in total. The Morgan fingerprint density at radius 2 is 1.41 bits per heavy atom. The maximum atomic E-state index is 13.8. The molecule has 1 atom stereocenters. The normalized spacial score (nSPS) is 11.0. The van der Waals surface area contributed by atoms with E-state index in [1.807, 2.05) is 109 Å². The molecule has 4 aromatic rings. The van der Waals surface area contributed by atoms with Crippen molar-refractivity contribution in [2.45, 2.75) is 45.4 Å². The third-order valence-corrected chi connectivity index (χ3v) is 6.51. The van der Waals surface area contributed by atoms with Crippen molar-refractivity contribution in [2.75, 3.05) is 6.61 Å². The zero-order valence-electron chi connectivity index (χ0n) is 23.4. The first kappa shape index (κ1) is 31.1. The van der Waals surface area contributed by atoms with Gasteiger partial charge in [-0.05, 0) is 35.7 Å². The second-order valence-corrected chi connectivity index (χ2v) is 9.42. The molecule has 0 bridgehead atoms. The zero-order chi connectivity index (χ0) is 29.3. The minimum Gasteiger partial charge on any atom is -0.493 e. The van der Waals surface area contributed by atoms with E-state index in [2.05, 4.69) is 6.92 Å². The fourth-order valence-electron chi connectivity index (χ4n) is 4.35. The van der Waals surface area contributed by atoms with Gasteiger partial charge in [-0.1, -0.05) is 117 Å². The first-order valence-corrected chi connectivity index (χ1v) is 13.8. The number of amides is 2. The number of nitrogens with zero attached hydrogens (tertiary/aromatic N) is 1. The highest BCUT2D eigenvalue weighted by molar-refractivity contribution is 5.95. The summed E-state index contributed by atoms with van der Waals surface area (Å²) in [5.74, 6) is 0.505. The fourth-order valence-corrected chi connectivity index (χ4v) is 4.35. The Balaban J connectivity index is 0.00000108. The van der Waals surface area contributed by atoms with Crippen molar-refractivity contribution >= 4 is 12.3 Å². The first-order valence-electron chi connectivity index (χ1n) is 13.8. The summed E-state index contributed by atoms with van der Waals surface area (Å²) in [6.07, 6.45) is 3.58. The van der Waals surface area contributed by atoms with Gasteiger partial charge >= 0.3 is 0 Å². The second kappa shape index (κ2) is 17.3. The van der Waals surface area contributed by atoms with Crippen molar-refractivity contribution in [3.8, 4) is 16.9 Å². The second-order valence-electron chi connectivity index (χ2n) is 9.42. The van der Waals surface area contributed by atoms with E-state index in [1.54, 1.807) is 0 Å². The fraction of sp³-hybridized carbons (Fsp3) is 0.235. The predicted octanol–water partition coefficient (Wildman–Crippen LogP) is 6.77. The van der Waals surface area contributed by atoms with Gasteiger partial charge in [0.2, 0.25) is 6.41 Å². The summed E-state index contributed by atoms with van der Waals surface area (Å²) in [5, 5.41) is 18.6. The van der Waals surface area contributed by atoms with E-state index in [9.17, 15) is 9.90 Å². The number of nitrogens with one attached hydrogen (secondary N) is 1. The van der Waals surface area contributed by atoms with E-state index in [0.29, 0.717) is 17.7 Å². The van der Waals surface area contributed by atoms with Crippen LogP contribution in [0.4, 0.5) is 0 Å². The van der Waals surface area contributed by atoms with Crippen molar-refractivity contribution in [1.82, 2.24) is 10.4 Å². The Labute approximate surface area is 242 Å². The van der Waals surface area contributed by atoms with Crippen molar-refractivity contribution in [3.05, 3.63) is 126 Å². The number of hydrogen-bond donors (Lipinski definition) is 3. The van der Waals surface area contributed by atoms with Crippen LogP contribution < -0.4 is 10.2 Å². The highest BCUT2D eigenvalue weighted by Gasteiger charge is 2.26. The van der Waals surface area contributed by atoms with E-state index in [-0.39, 0.29) is 18.9 Å². The summed E-state index contributed by atoms with van der Waals surface area (Å²) in [4.78, 5) is 24.1. The molecular weight excluding hydrogens is 516 g/mol. The SMILES string of the molecule is CCCCCCOc1ccccc1CN(C(=O)c1ccc(-c2ccccc2)cc1)C(O)c1ccccc1.O=CNO. The van der Waals surface area contributed by atoms with Gasteiger partial charge in [0.05, 0.1) is 13.2 Å². The van der Waals surface area contributed by atoms with E-state index in [1.165, 1.54) is 23.2 Å². The summed E-state index contributed by atoms with van der Waals surface area (Å²) in [6, 6.07) is 34.7. The molecule has 0 aliphatic carbocycles. The zero-order valence-corrected chi connectivity index (χ0v) is 23.4. The molecule has 4 rings (SSSR count). The summed E-state index contributed by atoms with van der Waals surface area (Å²) < 4.78 is 6.10. The largest absolute Gasteiger partial charge is 0.493 e. The van der Waals surface area contributed by atoms with Crippen LogP contribution in [0.1, 0.15) is 60.3 Å². The van der Waals surface area contributed by atoms with E-state index in [4.69, 9.17) is 14.7 Å². The van der Waals surface area contributed by atoms with Gasteiger partial charge in [-0.2, -0.15) is 0 Å². The first-order chi connectivity index (χ1) is 20.1. The number of hydrogen-bond acceptors (Lipinski definition) is 5. The Morgan fingerprint density at radius 3 is 2.05 bits per heavy atom. The van der Waals surface area contributed by atoms with Crippen molar-refractivity contribution in [1.29, 1.82) is 0 Å². The molecule has 41 heavy (non-hydrogen) atoms. The summed E-state index contributed by atoms with van der Waals surface area (Å²) in [5.41, 5.74) is 5.42. The van der Waals surface area contributed by atoms with Crippen LogP contribution in [-0.4, -0.2) is 34.1 Å². The molecule has 0 spiro atoms. The number of ether oxygens (including phenoxy) is 1. The molecule has 0 heterocycles. The molecular formula is C34H38N2O5. The predicted molar refractivity (Wildman–Crippen MR) is 160 cm³/mol. The van der Waals surface area contributed by atoms with Crippen LogP contribution in [-0.2, 0) is 11.3 Å². The molecule has 1 unspecified atom stereocenters. The quantitative estimate of drug-likeness (QED) is 0.0557. The minimum atomic E-state index is -1.10. The molecule has 214 valence electrons. The van der Waals surface area contributed by atoms with E-state index >= 15 is 0 Å². The van der Waals surface area contributed by atoms with Gasteiger partial charge < -0.3 is 14.7 Å². The van der Waals surface area contributed by atoms with E-state index < -0.39 is 6.23 Å². The van der Waals surface area contributed by atoms with Gasteiger partial charge in [0.1, 0.15) is 5.75 Å². The minimum absolute atomic E-state index is 0.181. The third kappa shape index (κ3) is 9.60. The highest BCUT2D eigenvalue weighted by atomic mass is 16.5. The Hall–Kier alpha value is -4.46. The number of carbonyl (C=O) groups excluding carboxylic acids is 2. The lowest BCUT2D eigenvalue weighted by Crippen LogP contribution is -2.34. The van der Waals surface area contributed by atoms with Crippen LogP contribution in [0.5, 0.6) is 5.75 Å². The number of benzene rings is 4. The topological polar surface area (TPSA) is 99.1 Å². The number of aliphatic hydroxyl groups is 1. The highest BCUT2D eigenvalue weighted by Crippen LogP contribution is 2.28. The van der Waals surface area contributed by atoms with Gasteiger partial charge in [0, 0.05) is 16.7 Å². The average Bonchev–Trinajstić information content (AvgIpc) is 3.04. The van der Waals surface area contributed by atoms with Crippen LogP contribution in [0, 0.1) is 0 Å². The van der Waals surface area contributed by atoms with Crippen LogP contribution in [0.3, 0.4) is 0 Å². The lowest BCUT2D eigenvalue weighted by molar-refractivity contribution is -0.116. The molecule has 7 heteroatoms. The molecule has 0 saturated carbocycles. The molecule has 4 aromatic carbocycles. The third-order valence-electron chi connectivity index (χ3n) is 6.51. The Kier molecular flexibility index (Phi) is 13.1. The number of aliphatic hydroxyl groups excluding tert-OH is 1. The molecule has 0 fully saturated rings. The number of hydroxylamine groups is 1. The monoisotopic (exact) mass is 554 g/mol. The lowest BCUT2D eigenvalue weighted by atomic mass is 10.0. The molecule has 0 aliphatic heterocycles. The molecule has 2 amide bonds. The maximum Gasteiger partial charge on any atom is 0.256 e.